The first-order chi connectivity index (χ1) is 3.46. The van der Waals surface area contributed by atoms with Crippen LogP contribution in [0.25, 0.3) is 0 Å². The highest BCUT2D eigenvalue weighted by molar-refractivity contribution is 5.71. The van der Waals surface area contributed by atoms with Crippen LogP contribution in [0.15, 0.2) is 0 Å². The van der Waals surface area contributed by atoms with Crippen LogP contribution in [0.4, 0.5) is 0 Å². The number of hydrogen-bond acceptors (Lipinski definition) is 4. The molecule has 7 heteroatoms. The maximum absolute atomic E-state index is 8.68. The Morgan fingerprint density at radius 1 is 1.50 bits per heavy atom. The molecule has 0 spiro atoms. The minimum absolute atomic E-state index is 0.333. The lowest BCUT2D eigenvalue weighted by molar-refractivity contribution is -1.63. The fourth-order valence-electron chi connectivity index (χ4n) is 0. The van der Waals surface area contributed by atoms with E-state index in [1.165, 1.54) is 0 Å². The molecule has 0 saturated heterocycles. The van der Waals surface area contributed by atoms with E-state index >= 15 is 0 Å². The highest BCUT2D eigenvalue weighted by Gasteiger charge is 1.89. The summed E-state index contributed by atoms with van der Waals surface area (Å²) in [4.78, 5) is 0. The van der Waals surface area contributed by atoms with E-state index in [0.717, 1.165) is 0 Å². The Kier molecular flexibility index (Phi) is 9.28. The standard InChI is InChI=1S/CH5N3.HIO3/c2*2-1(3)4/h(H5,2,3,4);2H. The highest BCUT2D eigenvalue weighted by atomic mass is 127. The minimum Gasteiger partial charge on any atom is -0.396 e. The van der Waals surface area contributed by atoms with Gasteiger partial charge in [0.2, 0.25) is 0 Å². The number of halogens is 1. The third-order valence-electron chi connectivity index (χ3n) is 0. The van der Waals surface area contributed by atoms with E-state index in [1.807, 2.05) is 0 Å². The lowest BCUT2D eigenvalue weighted by atomic mass is 11.1. The van der Waals surface area contributed by atoms with Gasteiger partial charge in [0, 0.05) is 0 Å². The number of hydrogen-bond donors (Lipinski definition) is 4. The second-order valence-electron chi connectivity index (χ2n) is 0.656. The van der Waals surface area contributed by atoms with Crippen molar-refractivity contribution in [2.45, 2.75) is 0 Å². The first-order valence-corrected chi connectivity index (χ1v) is 4.03. The molecule has 0 aromatic rings. The average Bonchev–Trinajstić information content (AvgIpc) is 1.25. The molecular weight excluding hydrogens is 229 g/mol. The normalized spacial score (nSPS) is 7.50. The molecule has 6 N–H and O–H groups in total. The summed E-state index contributed by atoms with van der Waals surface area (Å²) >= 11 is -3.76. The average molecular weight is 235 g/mol. The molecule has 0 aromatic carbocycles. The number of nitrogens with two attached hydrogens (primary N) is 2. The van der Waals surface area contributed by atoms with E-state index < -0.39 is 21.1 Å². The predicted octanol–water partition coefficient (Wildman–Crippen LogP) is -7.09. The van der Waals surface area contributed by atoms with Gasteiger partial charge in [-0.2, -0.15) is 0 Å². The zero-order valence-corrected chi connectivity index (χ0v) is 5.95. The lowest BCUT2D eigenvalue weighted by Gasteiger charge is -1.69. The first kappa shape index (κ1) is 10.8. The van der Waals surface area contributed by atoms with Gasteiger partial charge in [-0.1, -0.05) is 0 Å². The summed E-state index contributed by atoms with van der Waals surface area (Å²) in [6.45, 7) is 0. The fraction of sp³-hybridized carbons (Fsp3) is 0. The number of guanidine groups is 1. The van der Waals surface area contributed by atoms with Crippen LogP contribution in [0.1, 0.15) is 0 Å². The predicted molar refractivity (Wildman–Crippen MR) is 18.3 cm³/mol. The van der Waals surface area contributed by atoms with Gasteiger partial charge in [0.1, 0.15) is 0 Å². The molecule has 8 heavy (non-hydrogen) atoms. The Labute approximate surface area is 54.7 Å². The molecule has 0 aromatic heterocycles. The molecule has 0 aliphatic carbocycles. The molecule has 0 heterocycles. The molecule has 6 nitrogen and oxygen atoms in total. The Hall–Kier alpha value is -0.120. The molecule has 0 aliphatic rings. The molecule has 0 fully saturated rings. The van der Waals surface area contributed by atoms with Crippen molar-refractivity contribution >= 4 is 5.96 Å². The quantitative estimate of drug-likeness (QED) is 0.187. The lowest BCUT2D eigenvalue weighted by Crippen LogP contribution is -3.98. The van der Waals surface area contributed by atoms with Crippen molar-refractivity contribution < 1.29 is 31.4 Å². The van der Waals surface area contributed by atoms with Crippen LogP contribution in [-0.4, -0.2) is 9.40 Å². The largest absolute Gasteiger partial charge is 0.503 e. The van der Waals surface area contributed by atoms with Crippen LogP contribution >= 0.6 is 0 Å². The summed E-state index contributed by atoms with van der Waals surface area (Å²) in [6, 6.07) is 0. The van der Waals surface area contributed by atoms with Crippen LogP contribution in [0.5, 0.6) is 0 Å². The highest BCUT2D eigenvalue weighted by Crippen LogP contribution is 1.13. The van der Waals surface area contributed by atoms with Crippen LogP contribution in [0.2, 0.25) is 0 Å². The van der Waals surface area contributed by atoms with Gasteiger partial charge < -0.3 is 18.3 Å². The summed E-state index contributed by atoms with van der Waals surface area (Å²) in [5.41, 5.74) is 8.94. The fourth-order valence-corrected chi connectivity index (χ4v) is 0. The molecule has 0 radical (unpaired) electrons. The van der Waals surface area contributed by atoms with E-state index in [-0.39, 0.29) is 5.96 Å². The van der Waals surface area contributed by atoms with Crippen LogP contribution in [-0.2, 0) is 0 Å². The molecular formula is CH6IN3O3. The van der Waals surface area contributed by atoms with Crippen LogP contribution in [0, 0.1) is 5.41 Å². The van der Waals surface area contributed by atoms with Gasteiger partial charge in [-0.05, 0) is 3.44 Å². The monoisotopic (exact) mass is 235 g/mol. The molecule has 50 valence electrons. The molecule has 0 unspecified atom stereocenters. The van der Waals surface area contributed by atoms with Crippen LogP contribution < -0.4 is 39.4 Å². The Morgan fingerprint density at radius 3 is 1.50 bits per heavy atom. The van der Waals surface area contributed by atoms with Crippen molar-refractivity contribution in [1.82, 2.24) is 0 Å². The smallest absolute Gasteiger partial charge is 0.396 e. The first-order valence-electron chi connectivity index (χ1n) is 1.30. The molecule has 0 saturated carbocycles. The van der Waals surface area contributed by atoms with Crippen molar-refractivity contribution in [2.75, 3.05) is 0 Å². The van der Waals surface area contributed by atoms with Crippen molar-refractivity contribution in [3.05, 3.63) is 0 Å². The van der Waals surface area contributed by atoms with E-state index in [9.17, 15) is 0 Å². The van der Waals surface area contributed by atoms with E-state index in [2.05, 4.69) is 11.5 Å². The second-order valence-corrected chi connectivity index (χ2v) is 1.80. The van der Waals surface area contributed by atoms with Crippen molar-refractivity contribution in [3.8, 4) is 0 Å². The maximum Gasteiger partial charge on any atom is 0.503 e. The van der Waals surface area contributed by atoms with Gasteiger partial charge in [0.05, 0.1) is 0 Å². The number of rotatable bonds is 0. The second kappa shape index (κ2) is 6.88. The Balaban J connectivity index is 0. The van der Waals surface area contributed by atoms with E-state index in [4.69, 9.17) is 15.7 Å². The molecule has 0 amide bonds. The third-order valence-corrected chi connectivity index (χ3v) is 0. The van der Waals surface area contributed by atoms with Crippen molar-refractivity contribution in [1.29, 1.82) is 5.41 Å². The molecule has 0 rings (SSSR count). The van der Waals surface area contributed by atoms with Crippen molar-refractivity contribution in [3.63, 3.8) is 0 Å². The summed E-state index contributed by atoms with van der Waals surface area (Å²) in [5.74, 6) is -0.333. The van der Waals surface area contributed by atoms with E-state index in [1.54, 1.807) is 0 Å². The molecule has 0 atom stereocenters. The zero-order valence-electron chi connectivity index (χ0n) is 3.80. The summed E-state index contributed by atoms with van der Waals surface area (Å²) in [6.07, 6.45) is 0. The van der Waals surface area contributed by atoms with Gasteiger partial charge >= 0.3 is 21.1 Å². The summed E-state index contributed by atoms with van der Waals surface area (Å²) in [5, 5.41) is 6.06. The van der Waals surface area contributed by atoms with Crippen LogP contribution in [0.3, 0.4) is 0 Å². The Bertz CT molecular complexity index is 58.8. The van der Waals surface area contributed by atoms with Crippen molar-refractivity contribution in [2.24, 2.45) is 11.5 Å². The van der Waals surface area contributed by atoms with Gasteiger partial charge in [0.25, 0.3) is 0 Å². The minimum atomic E-state index is -3.76. The third kappa shape index (κ3) is 9720. The topological polar surface area (TPSA) is 142 Å². The number of nitrogens with one attached hydrogen (secondary N) is 1. The maximum atomic E-state index is 8.68. The van der Waals surface area contributed by atoms with Gasteiger partial charge in [0.15, 0.2) is 5.96 Å². The van der Waals surface area contributed by atoms with E-state index in [0.29, 0.717) is 0 Å². The SMILES string of the molecule is N=C(N)N.[O-][I+2]([O-])O. The summed E-state index contributed by atoms with van der Waals surface area (Å²) < 4.78 is 24.5. The summed E-state index contributed by atoms with van der Waals surface area (Å²) in [7, 11) is 0. The Morgan fingerprint density at radius 2 is 1.50 bits per heavy atom. The zero-order chi connectivity index (χ0) is 7.15. The van der Waals surface area contributed by atoms with Gasteiger partial charge in [-0.15, -0.1) is 0 Å². The van der Waals surface area contributed by atoms with Gasteiger partial charge in [-0.3, -0.25) is 5.41 Å². The molecule has 0 bridgehead atoms. The van der Waals surface area contributed by atoms with Gasteiger partial charge in [-0.25, -0.2) is 0 Å². The molecule has 0 aliphatic heterocycles.